The molecule has 0 unspecified atom stereocenters. The Hall–Kier alpha value is -1.07. The van der Waals surface area contributed by atoms with Crippen LogP contribution in [0.3, 0.4) is 0 Å². The number of hydrogen-bond acceptors (Lipinski definition) is 4. The van der Waals surface area contributed by atoms with Crippen LogP contribution in [0, 0.1) is 6.92 Å². The van der Waals surface area contributed by atoms with Gasteiger partial charge in [-0.05, 0) is 32.7 Å². The molecule has 1 aliphatic carbocycles. The molecule has 1 heterocycles. The van der Waals surface area contributed by atoms with E-state index >= 15 is 0 Å². The highest BCUT2D eigenvalue weighted by molar-refractivity contribution is 5.52. The normalized spacial score (nSPS) is 14.9. The molecule has 1 aromatic heterocycles. The molecule has 0 spiro atoms. The molecule has 1 aliphatic rings. The zero-order valence-electron chi connectivity index (χ0n) is 12.3. The van der Waals surface area contributed by atoms with E-state index in [4.69, 9.17) is 0 Å². The lowest BCUT2D eigenvalue weighted by Gasteiger charge is -2.25. The van der Waals surface area contributed by atoms with Crippen LogP contribution in [-0.4, -0.2) is 40.6 Å². The van der Waals surface area contributed by atoms with E-state index < -0.39 is 0 Å². The number of aryl methyl sites for hydroxylation is 2. The monoisotopic (exact) mass is 266 g/mol. The van der Waals surface area contributed by atoms with Gasteiger partial charge in [-0.25, -0.2) is 0 Å². The molecule has 1 fully saturated rings. The van der Waals surface area contributed by atoms with Crippen LogP contribution >= 0.6 is 0 Å². The second kappa shape index (κ2) is 6.39. The number of aliphatic hydroxyl groups excluding tert-OH is 1. The van der Waals surface area contributed by atoms with Crippen molar-refractivity contribution < 1.29 is 5.11 Å². The maximum absolute atomic E-state index is 9.29. The van der Waals surface area contributed by atoms with Gasteiger partial charge in [-0.1, -0.05) is 6.92 Å². The summed E-state index contributed by atoms with van der Waals surface area (Å²) in [5, 5.41) is 17.3. The number of anilines is 1. The van der Waals surface area contributed by atoms with Crippen molar-refractivity contribution in [3.05, 3.63) is 11.3 Å². The summed E-state index contributed by atoms with van der Waals surface area (Å²) in [7, 11) is 2.00. The summed E-state index contributed by atoms with van der Waals surface area (Å²) in [5.74, 6) is 1.18. The molecular formula is C14H26N4O. The molecule has 0 radical (unpaired) electrons. The fourth-order valence-electron chi connectivity index (χ4n) is 2.60. The van der Waals surface area contributed by atoms with E-state index in [1.807, 2.05) is 11.7 Å². The van der Waals surface area contributed by atoms with Gasteiger partial charge in [-0.3, -0.25) is 4.68 Å². The van der Waals surface area contributed by atoms with Crippen LogP contribution in [0.4, 0.5) is 5.82 Å². The van der Waals surface area contributed by atoms with Crippen molar-refractivity contribution in [1.82, 2.24) is 15.1 Å². The van der Waals surface area contributed by atoms with E-state index in [0.29, 0.717) is 12.6 Å². The van der Waals surface area contributed by atoms with E-state index in [-0.39, 0.29) is 6.61 Å². The zero-order valence-corrected chi connectivity index (χ0v) is 12.3. The number of hydrogen-bond donors (Lipinski definition) is 2. The van der Waals surface area contributed by atoms with E-state index in [1.165, 1.54) is 24.2 Å². The van der Waals surface area contributed by atoms with Crippen molar-refractivity contribution in [3.8, 4) is 0 Å². The quantitative estimate of drug-likeness (QED) is 0.694. The number of nitrogens with zero attached hydrogens (tertiary/aromatic N) is 3. The molecule has 2 N–H and O–H groups in total. The van der Waals surface area contributed by atoms with E-state index in [0.717, 1.165) is 25.2 Å². The molecule has 0 aromatic carbocycles. The van der Waals surface area contributed by atoms with Crippen molar-refractivity contribution >= 4 is 5.82 Å². The third kappa shape index (κ3) is 3.28. The fraction of sp³-hybridized carbons (Fsp3) is 0.786. The first kappa shape index (κ1) is 14.3. The van der Waals surface area contributed by atoms with Gasteiger partial charge in [0.25, 0.3) is 0 Å². The van der Waals surface area contributed by atoms with Gasteiger partial charge in [0.1, 0.15) is 5.82 Å². The second-order valence-electron chi connectivity index (χ2n) is 5.34. The van der Waals surface area contributed by atoms with Crippen molar-refractivity contribution in [3.63, 3.8) is 0 Å². The summed E-state index contributed by atoms with van der Waals surface area (Å²) in [5.41, 5.74) is 2.36. The van der Waals surface area contributed by atoms with E-state index in [1.54, 1.807) is 0 Å². The highest BCUT2D eigenvalue weighted by Gasteiger charge is 2.32. The fourth-order valence-corrected chi connectivity index (χ4v) is 2.60. The highest BCUT2D eigenvalue weighted by Crippen LogP contribution is 2.34. The molecule has 0 saturated heterocycles. The Balaban J connectivity index is 2.20. The molecule has 5 nitrogen and oxygen atoms in total. The lowest BCUT2D eigenvalue weighted by Crippen LogP contribution is -2.32. The third-order valence-corrected chi connectivity index (χ3v) is 3.64. The minimum absolute atomic E-state index is 0.197. The predicted octanol–water partition coefficient (Wildman–Crippen LogP) is 1.19. The molecule has 0 bridgehead atoms. The van der Waals surface area contributed by atoms with Gasteiger partial charge in [0.05, 0.1) is 12.3 Å². The van der Waals surface area contributed by atoms with Gasteiger partial charge < -0.3 is 15.3 Å². The number of rotatable bonds is 8. The predicted molar refractivity (Wildman–Crippen MR) is 77.4 cm³/mol. The second-order valence-corrected chi connectivity index (χ2v) is 5.34. The summed E-state index contributed by atoms with van der Waals surface area (Å²) in [6, 6.07) is 0.590. The van der Waals surface area contributed by atoms with Crippen LogP contribution in [0.2, 0.25) is 0 Å². The number of nitrogens with one attached hydrogen (secondary N) is 1. The van der Waals surface area contributed by atoms with Gasteiger partial charge in [0, 0.05) is 31.7 Å². The summed E-state index contributed by atoms with van der Waals surface area (Å²) >= 11 is 0. The Kier molecular flexibility index (Phi) is 4.82. The molecule has 5 heteroatoms. The van der Waals surface area contributed by atoms with Gasteiger partial charge in [-0.2, -0.15) is 5.10 Å². The summed E-state index contributed by atoms with van der Waals surface area (Å²) in [6.07, 6.45) is 3.59. The molecule has 1 saturated carbocycles. The SMILES string of the molecule is CCCNCc1c(C)nn(C)c1N(CCO)C1CC1. The van der Waals surface area contributed by atoms with Gasteiger partial charge in [-0.15, -0.1) is 0 Å². The lowest BCUT2D eigenvalue weighted by atomic mass is 10.2. The topological polar surface area (TPSA) is 53.3 Å². The molecule has 1 aromatic rings. The van der Waals surface area contributed by atoms with Crippen LogP contribution in [0.1, 0.15) is 37.4 Å². The van der Waals surface area contributed by atoms with Gasteiger partial charge >= 0.3 is 0 Å². The molecular weight excluding hydrogens is 240 g/mol. The average Bonchev–Trinajstić information content (AvgIpc) is 3.16. The standard InChI is InChI=1S/C14H26N4O/c1-4-7-15-10-13-11(2)16-17(3)14(13)18(8-9-19)12-5-6-12/h12,15,19H,4-10H2,1-3H3. The Bertz CT molecular complexity index is 412. The van der Waals surface area contributed by atoms with Gasteiger partial charge in [0.15, 0.2) is 0 Å². The lowest BCUT2D eigenvalue weighted by molar-refractivity contribution is 0.300. The zero-order chi connectivity index (χ0) is 13.8. The van der Waals surface area contributed by atoms with Crippen molar-refractivity contribution in [2.75, 3.05) is 24.6 Å². The molecule has 0 aliphatic heterocycles. The summed E-state index contributed by atoms with van der Waals surface area (Å²) in [6.45, 7) is 7.02. The van der Waals surface area contributed by atoms with Crippen LogP contribution in [0.15, 0.2) is 0 Å². The van der Waals surface area contributed by atoms with Crippen LogP contribution in [-0.2, 0) is 13.6 Å². The van der Waals surface area contributed by atoms with E-state index in [9.17, 15) is 5.11 Å². The van der Waals surface area contributed by atoms with Gasteiger partial charge in [0.2, 0.25) is 0 Å². The molecule has 19 heavy (non-hydrogen) atoms. The van der Waals surface area contributed by atoms with Crippen LogP contribution in [0.5, 0.6) is 0 Å². The molecule has 108 valence electrons. The highest BCUT2D eigenvalue weighted by atomic mass is 16.3. The first-order valence-corrected chi connectivity index (χ1v) is 7.29. The first-order valence-electron chi connectivity index (χ1n) is 7.29. The Morgan fingerprint density at radius 1 is 1.47 bits per heavy atom. The van der Waals surface area contributed by atoms with E-state index in [2.05, 4.69) is 29.2 Å². The molecule has 0 amide bonds. The van der Waals surface area contributed by atoms with Crippen molar-refractivity contribution in [2.24, 2.45) is 7.05 Å². The molecule has 2 rings (SSSR count). The maximum Gasteiger partial charge on any atom is 0.131 e. The average molecular weight is 266 g/mol. The maximum atomic E-state index is 9.29. The Labute approximate surface area is 115 Å². The van der Waals surface area contributed by atoms with Crippen LogP contribution in [0.25, 0.3) is 0 Å². The summed E-state index contributed by atoms with van der Waals surface area (Å²) < 4.78 is 1.96. The summed E-state index contributed by atoms with van der Waals surface area (Å²) in [4.78, 5) is 2.32. The minimum Gasteiger partial charge on any atom is -0.395 e. The first-order chi connectivity index (χ1) is 9.19. The molecule has 0 atom stereocenters. The third-order valence-electron chi connectivity index (χ3n) is 3.64. The van der Waals surface area contributed by atoms with Crippen molar-refractivity contribution in [1.29, 1.82) is 0 Å². The van der Waals surface area contributed by atoms with Crippen LogP contribution < -0.4 is 10.2 Å². The minimum atomic E-state index is 0.197. The van der Waals surface area contributed by atoms with Crippen molar-refractivity contribution in [2.45, 2.75) is 45.7 Å². The number of aromatic nitrogens is 2. The Morgan fingerprint density at radius 3 is 2.79 bits per heavy atom. The smallest absolute Gasteiger partial charge is 0.131 e. The largest absolute Gasteiger partial charge is 0.395 e. The Morgan fingerprint density at radius 2 is 2.21 bits per heavy atom. The number of aliphatic hydroxyl groups is 1.